The largest absolute Gasteiger partial charge is 0.492 e. The number of aryl methyl sites for hydroxylation is 1. The minimum atomic E-state index is -0.224. The highest BCUT2D eigenvalue weighted by Crippen LogP contribution is 2.45. The monoisotopic (exact) mass is 310 g/mol. The van der Waals surface area contributed by atoms with Crippen LogP contribution in [0, 0.1) is 6.92 Å². The van der Waals surface area contributed by atoms with Crippen molar-refractivity contribution in [1.29, 1.82) is 0 Å². The predicted octanol–water partition coefficient (Wildman–Crippen LogP) is 4.20. The molecule has 1 aliphatic rings. The van der Waals surface area contributed by atoms with Gasteiger partial charge in [0.15, 0.2) is 0 Å². The van der Waals surface area contributed by atoms with Gasteiger partial charge in [-0.1, -0.05) is 42.0 Å². The topological polar surface area (TPSA) is 50.4 Å². The highest BCUT2D eigenvalue weighted by atomic mass is 16.5. The minimum absolute atomic E-state index is 0.199. The van der Waals surface area contributed by atoms with Crippen LogP contribution in [0.3, 0.4) is 0 Å². The molecule has 1 saturated carbocycles. The third-order valence-electron chi connectivity index (χ3n) is 4.14. The summed E-state index contributed by atoms with van der Waals surface area (Å²) in [6.07, 6.45) is 1.94. The van der Waals surface area contributed by atoms with Gasteiger partial charge in [0.25, 0.3) is 0 Å². The quantitative estimate of drug-likeness (QED) is 0.869. The maximum atomic E-state index is 12.4. The first-order chi connectivity index (χ1) is 11.1. The number of nitrogens with one attached hydrogen (secondary N) is 2. The van der Waals surface area contributed by atoms with Crippen LogP contribution in [0.25, 0.3) is 0 Å². The van der Waals surface area contributed by atoms with E-state index in [4.69, 9.17) is 4.74 Å². The van der Waals surface area contributed by atoms with Gasteiger partial charge in [-0.3, -0.25) is 0 Å². The van der Waals surface area contributed by atoms with E-state index in [1.165, 1.54) is 5.56 Å². The minimum Gasteiger partial charge on any atom is -0.492 e. The van der Waals surface area contributed by atoms with E-state index in [0.717, 1.165) is 18.4 Å². The fraction of sp³-hybridized carbons (Fsp3) is 0.316. The number of amides is 2. The Labute approximate surface area is 136 Å². The summed E-state index contributed by atoms with van der Waals surface area (Å²) >= 11 is 0. The second-order valence-electron chi connectivity index (χ2n) is 5.96. The van der Waals surface area contributed by atoms with Crippen molar-refractivity contribution < 1.29 is 9.53 Å². The Balaban J connectivity index is 1.69. The molecule has 2 aromatic rings. The lowest BCUT2D eigenvalue weighted by Gasteiger charge is -2.19. The van der Waals surface area contributed by atoms with Gasteiger partial charge in [-0.05, 0) is 44.4 Å². The molecule has 0 spiro atoms. The molecule has 2 amide bonds. The van der Waals surface area contributed by atoms with Crippen LogP contribution in [0.4, 0.5) is 10.5 Å². The molecule has 4 nitrogen and oxygen atoms in total. The van der Waals surface area contributed by atoms with Crippen LogP contribution in [0.1, 0.15) is 30.9 Å². The molecule has 0 atom stereocenters. The highest BCUT2D eigenvalue weighted by molar-refractivity contribution is 5.91. The molecule has 1 aliphatic carbocycles. The second-order valence-corrected chi connectivity index (χ2v) is 5.96. The molecule has 0 saturated heterocycles. The first-order valence-corrected chi connectivity index (χ1v) is 8.01. The van der Waals surface area contributed by atoms with Gasteiger partial charge in [-0.25, -0.2) is 4.79 Å². The van der Waals surface area contributed by atoms with Crippen molar-refractivity contribution in [2.75, 3.05) is 11.9 Å². The van der Waals surface area contributed by atoms with Crippen LogP contribution in [0.15, 0.2) is 48.5 Å². The predicted molar refractivity (Wildman–Crippen MR) is 91.9 cm³/mol. The Morgan fingerprint density at radius 1 is 1.13 bits per heavy atom. The highest BCUT2D eigenvalue weighted by Gasteiger charge is 2.45. The van der Waals surface area contributed by atoms with Crippen LogP contribution in [0.5, 0.6) is 5.75 Å². The Morgan fingerprint density at radius 2 is 1.83 bits per heavy atom. The van der Waals surface area contributed by atoms with Gasteiger partial charge >= 0.3 is 6.03 Å². The number of hydrogen-bond acceptors (Lipinski definition) is 2. The van der Waals surface area contributed by atoms with Crippen LogP contribution >= 0.6 is 0 Å². The molecule has 0 aromatic heterocycles. The molecule has 0 bridgehead atoms. The van der Waals surface area contributed by atoms with E-state index in [1.807, 2.05) is 31.2 Å². The summed E-state index contributed by atoms with van der Waals surface area (Å²) in [6, 6.07) is 15.6. The lowest BCUT2D eigenvalue weighted by Crippen LogP contribution is -2.38. The molecule has 0 radical (unpaired) electrons. The first-order valence-electron chi connectivity index (χ1n) is 8.01. The first kappa shape index (κ1) is 15.4. The number of para-hydroxylation sites is 2. The third kappa shape index (κ3) is 3.47. The number of urea groups is 1. The summed E-state index contributed by atoms with van der Waals surface area (Å²) in [4.78, 5) is 12.4. The zero-order valence-electron chi connectivity index (χ0n) is 13.6. The van der Waals surface area contributed by atoms with Crippen molar-refractivity contribution in [3.63, 3.8) is 0 Å². The second kappa shape index (κ2) is 6.32. The van der Waals surface area contributed by atoms with Crippen LogP contribution < -0.4 is 15.4 Å². The molecule has 2 N–H and O–H groups in total. The molecule has 4 heteroatoms. The fourth-order valence-electron chi connectivity index (χ4n) is 2.71. The van der Waals surface area contributed by atoms with Crippen molar-refractivity contribution in [2.24, 2.45) is 0 Å². The molecule has 23 heavy (non-hydrogen) atoms. The number of ether oxygens (including phenoxy) is 1. The Bertz CT molecular complexity index is 691. The molecular weight excluding hydrogens is 288 g/mol. The van der Waals surface area contributed by atoms with E-state index < -0.39 is 0 Å². The normalized spacial score (nSPS) is 14.9. The average Bonchev–Trinajstić information content (AvgIpc) is 3.30. The van der Waals surface area contributed by atoms with Crippen molar-refractivity contribution in [3.8, 4) is 5.75 Å². The van der Waals surface area contributed by atoms with Gasteiger partial charge in [0.1, 0.15) is 5.75 Å². The van der Waals surface area contributed by atoms with E-state index in [0.29, 0.717) is 18.0 Å². The van der Waals surface area contributed by atoms with Crippen molar-refractivity contribution in [2.45, 2.75) is 32.2 Å². The van der Waals surface area contributed by atoms with Crippen LogP contribution in [0.2, 0.25) is 0 Å². The van der Waals surface area contributed by atoms with Crippen molar-refractivity contribution >= 4 is 11.7 Å². The Morgan fingerprint density at radius 3 is 2.48 bits per heavy atom. The standard InChI is InChI=1S/C19H22N2O2/c1-3-23-17-7-5-4-6-16(17)20-18(22)21-19(12-13-19)15-10-8-14(2)9-11-15/h4-11H,3,12-13H2,1-2H3,(H2,20,21,22). The molecule has 0 heterocycles. The van der Waals surface area contributed by atoms with Crippen LogP contribution in [-0.4, -0.2) is 12.6 Å². The lowest BCUT2D eigenvalue weighted by atomic mass is 10.0. The lowest BCUT2D eigenvalue weighted by molar-refractivity contribution is 0.247. The zero-order valence-corrected chi connectivity index (χ0v) is 13.6. The van der Waals surface area contributed by atoms with E-state index in [-0.39, 0.29) is 11.6 Å². The van der Waals surface area contributed by atoms with Gasteiger partial charge in [-0.15, -0.1) is 0 Å². The zero-order chi connectivity index (χ0) is 16.3. The van der Waals surface area contributed by atoms with Gasteiger partial charge < -0.3 is 15.4 Å². The van der Waals surface area contributed by atoms with Gasteiger partial charge in [0, 0.05) is 0 Å². The van der Waals surface area contributed by atoms with E-state index in [1.54, 1.807) is 0 Å². The van der Waals surface area contributed by atoms with Gasteiger partial charge in [-0.2, -0.15) is 0 Å². The summed E-state index contributed by atoms with van der Waals surface area (Å²) in [6.45, 7) is 4.55. The molecule has 2 aromatic carbocycles. The van der Waals surface area contributed by atoms with E-state index in [9.17, 15) is 4.79 Å². The number of hydrogen-bond donors (Lipinski definition) is 2. The summed E-state index contributed by atoms with van der Waals surface area (Å²) in [5.74, 6) is 0.685. The number of anilines is 1. The average molecular weight is 310 g/mol. The summed E-state index contributed by atoms with van der Waals surface area (Å²) in [7, 11) is 0. The smallest absolute Gasteiger partial charge is 0.320 e. The summed E-state index contributed by atoms with van der Waals surface area (Å²) in [5, 5.41) is 6.01. The number of benzene rings is 2. The van der Waals surface area contributed by atoms with Gasteiger partial charge in [0.05, 0.1) is 17.8 Å². The Hall–Kier alpha value is -2.49. The molecular formula is C19H22N2O2. The van der Waals surface area contributed by atoms with Gasteiger partial charge in [0.2, 0.25) is 0 Å². The third-order valence-corrected chi connectivity index (χ3v) is 4.14. The molecule has 0 aliphatic heterocycles. The van der Waals surface area contributed by atoms with E-state index >= 15 is 0 Å². The van der Waals surface area contributed by atoms with Crippen molar-refractivity contribution in [1.82, 2.24) is 5.32 Å². The number of rotatable bonds is 5. The molecule has 3 rings (SSSR count). The van der Waals surface area contributed by atoms with E-state index in [2.05, 4.69) is 41.8 Å². The maximum absolute atomic E-state index is 12.4. The summed E-state index contributed by atoms with van der Waals surface area (Å²) < 4.78 is 5.54. The number of carbonyl (C=O) groups is 1. The van der Waals surface area contributed by atoms with Crippen LogP contribution in [-0.2, 0) is 5.54 Å². The number of carbonyl (C=O) groups excluding carboxylic acids is 1. The molecule has 1 fully saturated rings. The Kier molecular flexibility index (Phi) is 4.24. The fourth-order valence-corrected chi connectivity index (χ4v) is 2.71. The molecule has 0 unspecified atom stereocenters. The summed E-state index contributed by atoms with van der Waals surface area (Å²) in [5.41, 5.74) is 2.85. The SMILES string of the molecule is CCOc1ccccc1NC(=O)NC1(c2ccc(C)cc2)CC1. The molecule has 120 valence electrons. The maximum Gasteiger partial charge on any atom is 0.320 e. The van der Waals surface area contributed by atoms with Crippen molar-refractivity contribution in [3.05, 3.63) is 59.7 Å².